The minimum atomic E-state index is -1.17. The Morgan fingerprint density at radius 2 is 1.05 bits per heavy atom. The highest BCUT2D eigenvalue weighted by atomic mass is 19.1. The fraction of sp³-hybridized carbons (Fsp3) is 0.591. The number of carbonyl (C=O) groups excluding carboxylic acids is 5. The molecule has 4 rings (SSSR count). The Morgan fingerprint density at radius 3 is 1.40 bits per heavy atom. The Morgan fingerprint density at radius 1 is 0.667 bits per heavy atom. The lowest BCUT2D eigenvalue weighted by Crippen LogP contribution is -2.53. The number of aliphatic hydroxyl groups excluding tert-OH is 2. The number of nitrogens with two attached hydrogens (primary N) is 1. The topological polar surface area (TPSA) is 250 Å². The van der Waals surface area contributed by atoms with Crippen LogP contribution in [0.25, 0.3) is 0 Å². The molecule has 0 bridgehead atoms. The third-order valence-corrected chi connectivity index (χ3v) is 10.7. The van der Waals surface area contributed by atoms with Gasteiger partial charge in [0.05, 0.1) is 24.0 Å². The highest BCUT2D eigenvalue weighted by Gasteiger charge is 2.43. The molecule has 352 valence electrons. The Hall–Kier alpha value is -5.40. The summed E-state index contributed by atoms with van der Waals surface area (Å²) in [6.45, 7) is 14.1. The molecule has 2 aromatic rings. The number of nitrogens with zero attached hydrogens (tertiary/aromatic N) is 2. The molecule has 0 radical (unpaired) electrons. The highest BCUT2D eigenvalue weighted by Crippen LogP contribution is 2.32. The van der Waals surface area contributed by atoms with E-state index in [1.54, 1.807) is 78.5 Å². The zero-order chi connectivity index (χ0) is 47.8. The Kier molecular flexibility index (Phi) is 20.4. The first-order valence-corrected chi connectivity index (χ1v) is 20.7. The van der Waals surface area contributed by atoms with E-state index in [1.807, 2.05) is 6.07 Å². The first kappa shape index (κ1) is 53.7. The van der Waals surface area contributed by atoms with Crippen molar-refractivity contribution in [1.29, 1.82) is 0 Å². The van der Waals surface area contributed by atoms with Crippen LogP contribution in [-0.2, 0) is 41.7 Å². The van der Waals surface area contributed by atoms with Crippen molar-refractivity contribution in [2.24, 2.45) is 16.6 Å². The van der Waals surface area contributed by atoms with Gasteiger partial charge in [0.2, 0.25) is 17.7 Å². The molecule has 2 saturated heterocycles. The summed E-state index contributed by atoms with van der Waals surface area (Å²) in [6, 6.07) is 9.63. The number of benzene rings is 2. The van der Waals surface area contributed by atoms with Crippen molar-refractivity contribution >= 4 is 35.9 Å². The lowest BCUT2D eigenvalue weighted by molar-refractivity contribution is -0.157. The maximum atomic E-state index is 13.7. The number of alkyl carbamates (subject to hydrolysis) is 2. The molecule has 2 aromatic carbocycles. The van der Waals surface area contributed by atoms with E-state index in [-0.39, 0.29) is 107 Å². The maximum Gasteiger partial charge on any atom is 0.408 e. The molecule has 0 unspecified atom stereocenters. The molecule has 0 atom stereocenters. The first-order valence-electron chi connectivity index (χ1n) is 20.7. The Bertz CT molecular complexity index is 1880. The molecule has 19 heteroatoms. The normalized spacial score (nSPS) is 15.6. The molecular weight excluding hydrogens is 827 g/mol. The van der Waals surface area contributed by atoms with Crippen LogP contribution in [0.4, 0.5) is 18.4 Å². The van der Waals surface area contributed by atoms with Gasteiger partial charge in [0.25, 0.3) is 0 Å². The van der Waals surface area contributed by atoms with Crippen LogP contribution in [-0.4, -0.2) is 125 Å². The van der Waals surface area contributed by atoms with E-state index in [0.29, 0.717) is 23.2 Å². The number of aliphatic hydroxyl groups is 2. The summed E-state index contributed by atoms with van der Waals surface area (Å²) in [6.07, 6.45) is -0.387. The van der Waals surface area contributed by atoms with Crippen molar-refractivity contribution in [3.63, 3.8) is 0 Å². The number of halogens is 2. The number of hydrogen-bond donors (Lipinski definition) is 7. The average Bonchev–Trinajstić information content (AvgIpc) is 3.22. The van der Waals surface area contributed by atoms with E-state index < -0.39 is 46.8 Å². The second kappa shape index (κ2) is 23.9. The molecular formula is C44H66F2N6O11. The van der Waals surface area contributed by atoms with Crippen LogP contribution < -0.4 is 21.7 Å². The molecule has 0 spiro atoms. The number of carboxylic acids is 1. The first-order chi connectivity index (χ1) is 29.3. The number of aliphatic carboxylic acids is 1. The van der Waals surface area contributed by atoms with Crippen LogP contribution in [0.3, 0.4) is 0 Å². The number of amides is 5. The van der Waals surface area contributed by atoms with Gasteiger partial charge in [-0.2, -0.15) is 0 Å². The fourth-order valence-corrected chi connectivity index (χ4v) is 6.49. The molecule has 2 aliphatic rings. The van der Waals surface area contributed by atoms with Crippen LogP contribution in [0.2, 0.25) is 0 Å². The quantitative estimate of drug-likeness (QED) is 0.171. The molecule has 17 nitrogen and oxygen atoms in total. The summed E-state index contributed by atoms with van der Waals surface area (Å²) in [7, 11) is 0. The number of nitrogens with one attached hydrogen (secondary N) is 3. The van der Waals surface area contributed by atoms with Gasteiger partial charge in [-0.1, -0.05) is 24.3 Å². The predicted molar refractivity (Wildman–Crippen MR) is 229 cm³/mol. The fourth-order valence-electron chi connectivity index (χ4n) is 6.49. The van der Waals surface area contributed by atoms with Crippen molar-refractivity contribution in [2.75, 3.05) is 52.5 Å². The monoisotopic (exact) mass is 892 g/mol. The van der Waals surface area contributed by atoms with Gasteiger partial charge in [-0.05, 0) is 115 Å². The molecule has 5 amide bonds. The summed E-state index contributed by atoms with van der Waals surface area (Å²) < 4.78 is 36.5. The van der Waals surface area contributed by atoms with E-state index in [4.69, 9.17) is 20.3 Å². The summed E-state index contributed by atoms with van der Waals surface area (Å²) in [4.78, 5) is 74.6. The second-order valence-electron chi connectivity index (χ2n) is 17.6. The predicted octanol–water partition coefficient (Wildman–Crippen LogP) is 3.67. The standard InChI is InChI=1S/C22H32FN3O5.C14H24N2O6.C8H10FN/c1-15-16(6-5-7-17(15)23)12-24-19(29)22(14-27)8-10-26(11-9-22)18(28)13-25-20(30)31-21(2,3)4;1-13(2,3)22-12(21)15-8-10(18)16-6-4-14(9-17,5-7-16)11(19)20;1-6-7(5-10)3-2-4-8(6)9/h5-7,27H,8-14H2,1-4H3,(H,24,29)(H,25,30);17H,4-9H2,1-3H3,(H,15,21)(H,19,20);2-4H,5,10H2,1H3. The number of likely N-dealkylation sites (tertiary alicyclic amines) is 2. The van der Waals surface area contributed by atoms with Crippen LogP contribution in [0, 0.1) is 36.3 Å². The molecule has 2 heterocycles. The van der Waals surface area contributed by atoms with Gasteiger partial charge >= 0.3 is 18.2 Å². The molecule has 0 aliphatic carbocycles. The molecule has 0 aromatic heterocycles. The summed E-state index contributed by atoms with van der Waals surface area (Å²) >= 11 is 0. The van der Waals surface area contributed by atoms with Crippen molar-refractivity contribution < 1.29 is 62.3 Å². The number of carbonyl (C=O) groups is 6. The SMILES string of the molecule is CC(C)(C)OC(=O)NCC(=O)N1CCC(CO)(C(=O)O)CC1.Cc1c(F)cccc1CN.Cc1c(F)cccc1CNC(=O)C1(CO)CCN(C(=O)CNC(=O)OC(C)(C)C)CC1. The molecule has 63 heavy (non-hydrogen) atoms. The lowest BCUT2D eigenvalue weighted by atomic mass is 9.78. The number of ether oxygens (including phenoxy) is 2. The minimum absolute atomic E-state index is 0.159. The smallest absolute Gasteiger partial charge is 0.408 e. The number of hydrogen-bond acceptors (Lipinski definition) is 11. The highest BCUT2D eigenvalue weighted by molar-refractivity contribution is 5.85. The Balaban J connectivity index is 0.000000368. The van der Waals surface area contributed by atoms with E-state index in [9.17, 15) is 47.8 Å². The van der Waals surface area contributed by atoms with Gasteiger partial charge in [-0.15, -0.1) is 0 Å². The zero-order valence-corrected chi connectivity index (χ0v) is 37.7. The summed E-state index contributed by atoms with van der Waals surface area (Å²) in [5.41, 5.74) is 4.56. The molecule has 2 aliphatic heterocycles. The Labute approximate surface area is 368 Å². The van der Waals surface area contributed by atoms with Crippen molar-refractivity contribution in [1.82, 2.24) is 25.8 Å². The van der Waals surface area contributed by atoms with Gasteiger partial charge in [-0.3, -0.25) is 19.2 Å². The van der Waals surface area contributed by atoms with E-state index >= 15 is 0 Å². The van der Waals surface area contributed by atoms with E-state index in [1.165, 1.54) is 17.0 Å². The van der Waals surface area contributed by atoms with Crippen LogP contribution in [0.15, 0.2) is 36.4 Å². The van der Waals surface area contributed by atoms with E-state index in [0.717, 1.165) is 5.56 Å². The second-order valence-corrected chi connectivity index (χ2v) is 17.6. The van der Waals surface area contributed by atoms with Crippen LogP contribution in [0.5, 0.6) is 0 Å². The maximum absolute atomic E-state index is 13.7. The van der Waals surface area contributed by atoms with Crippen molar-refractivity contribution in [2.45, 2.75) is 105 Å². The lowest BCUT2D eigenvalue weighted by Gasteiger charge is -2.39. The third kappa shape index (κ3) is 17.0. The number of carboxylic acid groups (broad SMARTS) is 1. The van der Waals surface area contributed by atoms with Gasteiger partial charge in [0, 0.05) is 39.3 Å². The van der Waals surface area contributed by atoms with Crippen molar-refractivity contribution in [3.8, 4) is 0 Å². The number of piperidine rings is 2. The average molecular weight is 893 g/mol. The largest absolute Gasteiger partial charge is 0.481 e. The third-order valence-electron chi connectivity index (χ3n) is 10.7. The van der Waals surface area contributed by atoms with Crippen LogP contribution >= 0.6 is 0 Å². The van der Waals surface area contributed by atoms with Crippen LogP contribution in [0.1, 0.15) is 89.5 Å². The van der Waals surface area contributed by atoms with Gasteiger partial charge in [0.1, 0.15) is 35.9 Å². The zero-order valence-electron chi connectivity index (χ0n) is 37.7. The minimum Gasteiger partial charge on any atom is -0.481 e. The molecule has 8 N–H and O–H groups in total. The molecule has 0 saturated carbocycles. The number of rotatable bonds is 11. The van der Waals surface area contributed by atoms with E-state index in [2.05, 4.69) is 16.0 Å². The van der Waals surface area contributed by atoms with Gasteiger partial charge in [-0.25, -0.2) is 18.4 Å². The van der Waals surface area contributed by atoms with Crippen molar-refractivity contribution in [3.05, 3.63) is 70.3 Å². The van der Waals surface area contributed by atoms with Gasteiger partial charge < -0.3 is 56.3 Å². The summed E-state index contributed by atoms with van der Waals surface area (Å²) in [5, 5.41) is 35.9. The summed E-state index contributed by atoms with van der Waals surface area (Å²) in [5.74, 6) is -2.47. The molecule has 2 fully saturated rings. The van der Waals surface area contributed by atoms with Gasteiger partial charge in [0.15, 0.2) is 0 Å².